The van der Waals surface area contributed by atoms with Gasteiger partial charge in [-0.2, -0.15) is 0 Å². The van der Waals surface area contributed by atoms with Crippen LogP contribution < -0.4 is 0 Å². The number of aryl methyl sites for hydroxylation is 3. The average molecular weight is 259 g/mol. The lowest BCUT2D eigenvalue weighted by atomic mass is 9.96. The summed E-state index contributed by atoms with van der Waals surface area (Å²) >= 11 is 6.59. The van der Waals surface area contributed by atoms with Crippen LogP contribution in [-0.4, -0.2) is 0 Å². The molecule has 0 bridgehead atoms. The van der Waals surface area contributed by atoms with Crippen molar-refractivity contribution in [3.63, 3.8) is 0 Å². The Morgan fingerprint density at radius 3 is 2.39 bits per heavy atom. The number of hydrogen-bond acceptors (Lipinski definition) is 0. The van der Waals surface area contributed by atoms with Crippen molar-refractivity contribution < 1.29 is 0 Å². The number of halogens is 1. The van der Waals surface area contributed by atoms with Gasteiger partial charge in [-0.3, -0.25) is 0 Å². The van der Waals surface area contributed by atoms with Gasteiger partial charge >= 0.3 is 0 Å². The molecule has 0 spiro atoms. The molecule has 1 heteroatoms. The molecule has 0 saturated carbocycles. The van der Waals surface area contributed by atoms with Crippen molar-refractivity contribution in [3.05, 3.63) is 70.3 Å². The first kappa shape index (κ1) is 13.2. The molecular formula is C17H19Cl. The van der Waals surface area contributed by atoms with Crippen LogP contribution in [0.5, 0.6) is 0 Å². The zero-order valence-corrected chi connectivity index (χ0v) is 12.0. The smallest absolute Gasteiger partial charge is 0.0628 e. The zero-order chi connectivity index (χ0) is 13.1. The molecule has 0 aromatic heterocycles. The van der Waals surface area contributed by atoms with Crippen molar-refractivity contribution >= 4 is 11.6 Å². The standard InChI is InChI=1S/C17H19Cl/c1-12-8-9-14(3)16(10-12)17(18)11-15-7-5-4-6-13(15)2/h4-10,17H,11H2,1-3H3. The molecule has 2 aromatic rings. The maximum Gasteiger partial charge on any atom is 0.0628 e. The average Bonchev–Trinajstić information content (AvgIpc) is 2.35. The molecule has 0 aliphatic carbocycles. The summed E-state index contributed by atoms with van der Waals surface area (Å²) in [5.74, 6) is 0. The van der Waals surface area contributed by atoms with Gasteiger partial charge in [0, 0.05) is 0 Å². The molecule has 2 aromatic carbocycles. The molecule has 0 saturated heterocycles. The van der Waals surface area contributed by atoms with Gasteiger partial charge in [-0.05, 0) is 49.4 Å². The van der Waals surface area contributed by atoms with Crippen LogP contribution in [0.3, 0.4) is 0 Å². The van der Waals surface area contributed by atoms with Gasteiger partial charge in [0.05, 0.1) is 5.38 Å². The maximum absolute atomic E-state index is 6.59. The van der Waals surface area contributed by atoms with Crippen molar-refractivity contribution in [1.82, 2.24) is 0 Å². The summed E-state index contributed by atoms with van der Waals surface area (Å²) in [7, 11) is 0. The van der Waals surface area contributed by atoms with Crippen LogP contribution in [0.15, 0.2) is 42.5 Å². The first-order chi connectivity index (χ1) is 8.58. The number of alkyl halides is 1. The Morgan fingerprint density at radius 2 is 1.67 bits per heavy atom. The Kier molecular flexibility index (Phi) is 4.08. The van der Waals surface area contributed by atoms with Crippen molar-refractivity contribution in [2.24, 2.45) is 0 Å². The summed E-state index contributed by atoms with van der Waals surface area (Å²) in [6, 6.07) is 14.9. The third-order valence-electron chi connectivity index (χ3n) is 3.43. The van der Waals surface area contributed by atoms with Gasteiger partial charge in [-0.15, -0.1) is 11.6 Å². The van der Waals surface area contributed by atoms with Crippen LogP contribution in [0.2, 0.25) is 0 Å². The lowest BCUT2D eigenvalue weighted by Gasteiger charge is -2.15. The summed E-state index contributed by atoms with van der Waals surface area (Å²) in [5.41, 5.74) is 6.44. The van der Waals surface area contributed by atoms with Crippen molar-refractivity contribution in [3.8, 4) is 0 Å². The predicted molar refractivity (Wildman–Crippen MR) is 79.4 cm³/mol. The Bertz CT molecular complexity index is 543. The lowest BCUT2D eigenvalue weighted by Crippen LogP contribution is -2.00. The van der Waals surface area contributed by atoms with E-state index in [4.69, 9.17) is 11.6 Å². The molecule has 0 aliphatic rings. The fraction of sp³-hybridized carbons (Fsp3) is 0.294. The van der Waals surface area contributed by atoms with Gasteiger partial charge in [0.25, 0.3) is 0 Å². The van der Waals surface area contributed by atoms with Crippen LogP contribution in [0.25, 0.3) is 0 Å². The highest BCUT2D eigenvalue weighted by Crippen LogP contribution is 2.29. The Balaban J connectivity index is 2.25. The van der Waals surface area contributed by atoms with E-state index in [9.17, 15) is 0 Å². The maximum atomic E-state index is 6.59. The minimum Gasteiger partial charge on any atom is -0.117 e. The normalized spacial score (nSPS) is 12.4. The number of benzene rings is 2. The van der Waals surface area contributed by atoms with Crippen LogP contribution in [-0.2, 0) is 6.42 Å². The fourth-order valence-corrected chi connectivity index (χ4v) is 2.64. The summed E-state index contributed by atoms with van der Waals surface area (Å²) < 4.78 is 0. The Labute approximate surface area is 115 Å². The molecule has 94 valence electrons. The Morgan fingerprint density at radius 1 is 0.944 bits per heavy atom. The summed E-state index contributed by atoms with van der Waals surface area (Å²) in [6.45, 7) is 6.38. The SMILES string of the molecule is Cc1ccc(C)c(C(Cl)Cc2ccccc2C)c1. The molecule has 0 N–H and O–H groups in total. The molecule has 0 fully saturated rings. The van der Waals surface area contributed by atoms with Gasteiger partial charge in [0.2, 0.25) is 0 Å². The molecule has 0 radical (unpaired) electrons. The molecule has 18 heavy (non-hydrogen) atoms. The van der Waals surface area contributed by atoms with Crippen molar-refractivity contribution in [2.75, 3.05) is 0 Å². The summed E-state index contributed by atoms with van der Waals surface area (Å²) in [6.07, 6.45) is 0.887. The summed E-state index contributed by atoms with van der Waals surface area (Å²) in [5, 5.41) is 0.0472. The third-order valence-corrected chi connectivity index (χ3v) is 3.82. The van der Waals surface area contributed by atoms with Gasteiger partial charge < -0.3 is 0 Å². The van der Waals surface area contributed by atoms with Crippen LogP contribution in [0.1, 0.15) is 33.2 Å². The second-order valence-corrected chi connectivity index (χ2v) is 5.49. The van der Waals surface area contributed by atoms with Gasteiger partial charge in [0.15, 0.2) is 0 Å². The van der Waals surface area contributed by atoms with Gasteiger partial charge in [-0.1, -0.05) is 48.0 Å². The highest BCUT2D eigenvalue weighted by atomic mass is 35.5. The van der Waals surface area contributed by atoms with Gasteiger partial charge in [-0.25, -0.2) is 0 Å². The van der Waals surface area contributed by atoms with E-state index in [0.717, 1.165) is 6.42 Å². The van der Waals surface area contributed by atoms with E-state index < -0.39 is 0 Å². The van der Waals surface area contributed by atoms with E-state index in [2.05, 4.69) is 63.2 Å². The lowest BCUT2D eigenvalue weighted by molar-refractivity contribution is 0.900. The van der Waals surface area contributed by atoms with Crippen molar-refractivity contribution in [2.45, 2.75) is 32.6 Å². The summed E-state index contributed by atoms with van der Waals surface area (Å²) in [4.78, 5) is 0. The largest absolute Gasteiger partial charge is 0.117 e. The Hall–Kier alpha value is -1.27. The van der Waals surface area contributed by atoms with E-state index in [1.807, 2.05) is 0 Å². The number of rotatable bonds is 3. The van der Waals surface area contributed by atoms with E-state index >= 15 is 0 Å². The second kappa shape index (κ2) is 5.58. The zero-order valence-electron chi connectivity index (χ0n) is 11.2. The predicted octanol–water partition coefficient (Wildman–Crippen LogP) is 5.13. The second-order valence-electron chi connectivity index (χ2n) is 4.96. The van der Waals surface area contributed by atoms with E-state index in [1.54, 1.807) is 0 Å². The molecular weight excluding hydrogens is 240 g/mol. The highest BCUT2D eigenvalue weighted by Gasteiger charge is 2.12. The van der Waals surface area contributed by atoms with Gasteiger partial charge in [0.1, 0.15) is 0 Å². The highest BCUT2D eigenvalue weighted by molar-refractivity contribution is 6.21. The molecule has 2 rings (SSSR count). The molecule has 0 amide bonds. The molecule has 1 unspecified atom stereocenters. The molecule has 0 heterocycles. The third kappa shape index (κ3) is 2.94. The molecule has 0 nitrogen and oxygen atoms in total. The van der Waals surface area contributed by atoms with Crippen molar-refractivity contribution in [1.29, 1.82) is 0 Å². The quantitative estimate of drug-likeness (QED) is 0.669. The monoisotopic (exact) mass is 258 g/mol. The molecule has 0 aliphatic heterocycles. The first-order valence-corrected chi connectivity index (χ1v) is 6.77. The van der Waals surface area contributed by atoms with Crippen LogP contribution in [0.4, 0.5) is 0 Å². The minimum atomic E-state index is 0.0472. The van der Waals surface area contributed by atoms with E-state index in [1.165, 1.54) is 27.8 Å². The minimum absolute atomic E-state index is 0.0472. The van der Waals surface area contributed by atoms with Crippen LogP contribution in [0, 0.1) is 20.8 Å². The number of hydrogen-bond donors (Lipinski definition) is 0. The van der Waals surface area contributed by atoms with E-state index in [0.29, 0.717) is 0 Å². The topological polar surface area (TPSA) is 0 Å². The fourth-order valence-electron chi connectivity index (χ4n) is 2.24. The molecule has 1 atom stereocenters. The first-order valence-electron chi connectivity index (χ1n) is 6.33. The van der Waals surface area contributed by atoms with E-state index in [-0.39, 0.29) is 5.38 Å². The van der Waals surface area contributed by atoms with Crippen LogP contribution >= 0.6 is 11.6 Å².